The van der Waals surface area contributed by atoms with Gasteiger partial charge in [0.05, 0.1) is 22.6 Å². The lowest BCUT2D eigenvalue weighted by atomic mass is 9.83. The quantitative estimate of drug-likeness (QED) is 0.517. The topological polar surface area (TPSA) is 101 Å². The van der Waals surface area contributed by atoms with Crippen LogP contribution in [0.3, 0.4) is 0 Å². The van der Waals surface area contributed by atoms with E-state index in [0.29, 0.717) is 24.9 Å². The van der Waals surface area contributed by atoms with Crippen molar-refractivity contribution in [3.05, 3.63) is 59.6 Å². The maximum atomic E-state index is 13.3. The van der Waals surface area contributed by atoms with Crippen LogP contribution < -0.4 is 21.8 Å². The molecule has 0 spiro atoms. The van der Waals surface area contributed by atoms with Crippen LogP contribution in [0.15, 0.2) is 42.7 Å². The molecule has 0 saturated heterocycles. The zero-order valence-electron chi connectivity index (χ0n) is 18.3. The van der Waals surface area contributed by atoms with Crippen LogP contribution in [-0.2, 0) is 11.2 Å². The Labute approximate surface area is 188 Å². The second-order valence-corrected chi connectivity index (χ2v) is 9.19. The number of hydrogen-bond acceptors (Lipinski definition) is 5. The van der Waals surface area contributed by atoms with Crippen LogP contribution in [-0.4, -0.2) is 35.5 Å². The van der Waals surface area contributed by atoms with Crippen molar-refractivity contribution in [2.75, 3.05) is 24.2 Å². The molecule has 3 aliphatic carbocycles. The first-order valence-corrected chi connectivity index (χ1v) is 11.7. The highest BCUT2D eigenvalue weighted by Crippen LogP contribution is 2.39. The van der Waals surface area contributed by atoms with Gasteiger partial charge in [-0.15, -0.1) is 0 Å². The first kappa shape index (κ1) is 20.7. The summed E-state index contributed by atoms with van der Waals surface area (Å²) >= 11 is 0. The molecule has 1 saturated carbocycles. The Bertz CT molecular complexity index is 1040. The van der Waals surface area contributed by atoms with Gasteiger partial charge >= 0.3 is 0 Å². The molecule has 2 atom stereocenters. The van der Waals surface area contributed by atoms with Gasteiger partial charge in [-0.3, -0.25) is 14.3 Å². The third-order valence-electron chi connectivity index (χ3n) is 6.99. The lowest BCUT2D eigenvalue weighted by Crippen LogP contribution is -2.39. The summed E-state index contributed by atoms with van der Waals surface area (Å²) in [5.41, 5.74) is 4.24. The normalized spacial score (nSPS) is 24.4. The molecule has 0 radical (unpaired) electrons. The maximum Gasteiger partial charge on any atom is 0.223 e. The van der Waals surface area contributed by atoms with E-state index < -0.39 is 0 Å². The molecule has 1 aliphatic heterocycles. The number of anilines is 1. The molecular formula is C25H31N5O2. The number of nitrogens with two attached hydrogens (primary N) is 1. The van der Waals surface area contributed by atoms with Crippen LogP contribution in [0.1, 0.15) is 53.8 Å². The molecule has 4 aliphatic rings. The molecule has 7 nitrogen and oxygen atoms in total. The number of Topliss-reactive ketones (excluding diaryl/α,β-unsaturated/α-hetero) is 1. The number of carbonyl (C=O) groups excluding carboxylic acids is 2. The van der Waals surface area contributed by atoms with Crippen LogP contribution in [0.25, 0.3) is 5.57 Å². The van der Waals surface area contributed by atoms with E-state index in [0.717, 1.165) is 54.9 Å². The van der Waals surface area contributed by atoms with E-state index >= 15 is 0 Å². The zero-order chi connectivity index (χ0) is 22.1. The summed E-state index contributed by atoms with van der Waals surface area (Å²) in [6, 6.07) is 0.115. The van der Waals surface area contributed by atoms with Gasteiger partial charge in [0.1, 0.15) is 0 Å². The minimum atomic E-state index is 0.0620. The summed E-state index contributed by atoms with van der Waals surface area (Å²) in [6.07, 6.45) is 19.3. The fraction of sp³-hybridized carbons (Fsp3) is 0.440. The monoisotopic (exact) mass is 433 g/mol. The SMILES string of the molecule is Nn1c2c(c(NC3C=CC=CC3)c1C1=CCNC=C1)C(=O)CC(CNC(=O)C1CCC1)C2. The third kappa shape index (κ3) is 3.87. The van der Waals surface area contributed by atoms with E-state index in [1.54, 1.807) is 4.68 Å². The standard InChI is InChI=1S/C25H31N5O2/c26-30-20-13-16(15-28-25(32)18-5-4-6-18)14-21(31)22(20)23(29-19-7-2-1-3-8-19)24(30)17-9-11-27-12-10-17/h1-3,7,9-11,16,18-19,27,29H,4-6,8,12-15,26H2,(H,28,32). The number of aromatic nitrogens is 1. The van der Waals surface area contributed by atoms with Crippen molar-refractivity contribution in [3.8, 4) is 0 Å². The van der Waals surface area contributed by atoms with Crippen LogP contribution >= 0.6 is 0 Å². The molecule has 1 amide bonds. The summed E-state index contributed by atoms with van der Waals surface area (Å²) in [4.78, 5) is 25.6. The fourth-order valence-electron chi connectivity index (χ4n) is 4.98. The molecule has 1 aromatic rings. The van der Waals surface area contributed by atoms with Gasteiger partial charge in [0.2, 0.25) is 5.91 Å². The minimum absolute atomic E-state index is 0.0620. The van der Waals surface area contributed by atoms with Gasteiger partial charge in [0.15, 0.2) is 5.78 Å². The molecular weight excluding hydrogens is 402 g/mol. The Kier molecular flexibility index (Phi) is 5.64. The number of carbonyl (C=O) groups is 2. The number of fused-ring (bicyclic) bond motifs is 1. The highest BCUT2D eigenvalue weighted by Gasteiger charge is 2.35. The van der Waals surface area contributed by atoms with Crippen molar-refractivity contribution in [2.45, 2.75) is 44.6 Å². The molecule has 7 heteroatoms. The fourth-order valence-corrected chi connectivity index (χ4v) is 4.98. The molecule has 1 aromatic heterocycles. The van der Waals surface area contributed by atoms with E-state index in [-0.39, 0.29) is 29.6 Å². The molecule has 2 heterocycles. The van der Waals surface area contributed by atoms with Gasteiger partial charge in [0, 0.05) is 37.0 Å². The Morgan fingerprint density at radius 3 is 2.81 bits per heavy atom. The Morgan fingerprint density at radius 1 is 1.25 bits per heavy atom. The van der Waals surface area contributed by atoms with Crippen molar-refractivity contribution in [1.29, 1.82) is 0 Å². The number of rotatable bonds is 6. The molecule has 5 rings (SSSR count). The van der Waals surface area contributed by atoms with E-state index in [9.17, 15) is 9.59 Å². The summed E-state index contributed by atoms with van der Waals surface area (Å²) in [5, 5.41) is 9.84. The Hall–Kier alpha value is -3.22. The molecule has 2 unspecified atom stereocenters. The highest BCUT2D eigenvalue weighted by molar-refractivity contribution is 6.06. The summed E-state index contributed by atoms with van der Waals surface area (Å²) in [6.45, 7) is 1.24. The molecule has 1 fully saturated rings. The summed E-state index contributed by atoms with van der Waals surface area (Å²) < 4.78 is 1.69. The number of allylic oxidation sites excluding steroid dienone is 4. The van der Waals surface area contributed by atoms with Crippen molar-refractivity contribution in [3.63, 3.8) is 0 Å². The smallest absolute Gasteiger partial charge is 0.223 e. The van der Waals surface area contributed by atoms with Gasteiger partial charge in [-0.25, -0.2) is 0 Å². The van der Waals surface area contributed by atoms with Crippen molar-refractivity contribution in [2.24, 2.45) is 11.8 Å². The minimum Gasteiger partial charge on any atom is -0.387 e. The average molecular weight is 434 g/mol. The lowest BCUT2D eigenvalue weighted by Gasteiger charge is -2.27. The number of nitrogens with one attached hydrogen (secondary N) is 3. The van der Waals surface area contributed by atoms with Crippen LogP contribution in [0.2, 0.25) is 0 Å². The molecule has 32 heavy (non-hydrogen) atoms. The molecule has 0 bridgehead atoms. The second-order valence-electron chi connectivity index (χ2n) is 9.19. The van der Waals surface area contributed by atoms with E-state index in [1.807, 2.05) is 24.4 Å². The summed E-state index contributed by atoms with van der Waals surface area (Å²) in [5.74, 6) is 7.07. The number of amides is 1. The zero-order valence-corrected chi connectivity index (χ0v) is 18.3. The van der Waals surface area contributed by atoms with Gasteiger partial charge in [-0.1, -0.05) is 36.8 Å². The van der Waals surface area contributed by atoms with Crippen molar-refractivity contribution >= 4 is 23.0 Å². The Morgan fingerprint density at radius 2 is 2.12 bits per heavy atom. The first-order valence-electron chi connectivity index (χ1n) is 11.7. The number of hydrogen-bond donors (Lipinski definition) is 4. The first-order chi connectivity index (χ1) is 15.6. The maximum absolute atomic E-state index is 13.3. The summed E-state index contributed by atoms with van der Waals surface area (Å²) in [7, 11) is 0. The molecule has 0 aromatic carbocycles. The van der Waals surface area contributed by atoms with Crippen LogP contribution in [0.4, 0.5) is 5.69 Å². The van der Waals surface area contributed by atoms with Crippen LogP contribution in [0.5, 0.6) is 0 Å². The largest absolute Gasteiger partial charge is 0.387 e. The van der Waals surface area contributed by atoms with Crippen molar-refractivity contribution in [1.82, 2.24) is 15.3 Å². The second kappa shape index (κ2) is 8.73. The highest BCUT2D eigenvalue weighted by atomic mass is 16.2. The Balaban J connectivity index is 1.44. The number of nitrogens with zero attached hydrogens (tertiary/aromatic N) is 1. The number of dihydropyridines is 1. The van der Waals surface area contributed by atoms with Gasteiger partial charge in [-0.2, -0.15) is 0 Å². The third-order valence-corrected chi connectivity index (χ3v) is 6.99. The predicted molar refractivity (Wildman–Crippen MR) is 127 cm³/mol. The van der Waals surface area contributed by atoms with Gasteiger partial charge < -0.3 is 21.8 Å². The average Bonchev–Trinajstić information content (AvgIpc) is 3.04. The van der Waals surface area contributed by atoms with Gasteiger partial charge in [-0.05, 0) is 43.9 Å². The molecule has 168 valence electrons. The predicted octanol–water partition coefficient (Wildman–Crippen LogP) is 2.66. The van der Waals surface area contributed by atoms with Gasteiger partial charge in [0.25, 0.3) is 0 Å². The number of ketones is 1. The molecule has 5 N–H and O–H groups in total. The van der Waals surface area contributed by atoms with Crippen LogP contribution in [0, 0.1) is 11.8 Å². The lowest BCUT2D eigenvalue weighted by molar-refractivity contribution is -0.127. The number of nitrogen functional groups attached to an aromatic ring is 1. The van der Waals surface area contributed by atoms with E-state index in [2.05, 4.69) is 34.2 Å². The van der Waals surface area contributed by atoms with E-state index in [1.165, 1.54) is 0 Å². The van der Waals surface area contributed by atoms with Crippen molar-refractivity contribution < 1.29 is 9.59 Å². The van der Waals surface area contributed by atoms with E-state index in [4.69, 9.17) is 5.84 Å².